The summed E-state index contributed by atoms with van der Waals surface area (Å²) in [5, 5.41) is 2.78. The van der Waals surface area contributed by atoms with Crippen LogP contribution < -0.4 is 14.8 Å². The highest BCUT2D eigenvalue weighted by Gasteiger charge is 2.12. The lowest BCUT2D eigenvalue weighted by Gasteiger charge is -2.16. The van der Waals surface area contributed by atoms with E-state index in [1.165, 1.54) is 0 Å². The zero-order chi connectivity index (χ0) is 13.5. The molecule has 0 aliphatic rings. The van der Waals surface area contributed by atoms with Crippen molar-refractivity contribution in [3.63, 3.8) is 0 Å². The standard InChI is InChI=1S/C13H18ClNO3/c1-4-18-11-6-5-10(7-12(11)17-3)9(2)15-13(16)8-14/h5-7,9H,4,8H2,1-3H3,(H,15,16). The molecular formula is C13H18ClNO3. The van der Waals surface area contributed by atoms with Crippen LogP contribution in [-0.4, -0.2) is 25.5 Å². The number of nitrogens with one attached hydrogen (secondary N) is 1. The number of hydrogen-bond donors (Lipinski definition) is 1. The molecule has 1 atom stereocenters. The zero-order valence-electron chi connectivity index (χ0n) is 10.8. The number of benzene rings is 1. The monoisotopic (exact) mass is 271 g/mol. The van der Waals surface area contributed by atoms with E-state index in [1.807, 2.05) is 32.0 Å². The maximum atomic E-state index is 11.2. The highest BCUT2D eigenvalue weighted by atomic mass is 35.5. The van der Waals surface area contributed by atoms with Gasteiger partial charge in [-0.2, -0.15) is 0 Å². The SMILES string of the molecule is CCOc1ccc(C(C)NC(=O)CCl)cc1OC. The molecule has 0 heterocycles. The van der Waals surface area contributed by atoms with E-state index in [4.69, 9.17) is 21.1 Å². The fourth-order valence-corrected chi connectivity index (χ4v) is 1.67. The lowest BCUT2D eigenvalue weighted by atomic mass is 10.1. The van der Waals surface area contributed by atoms with Gasteiger partial charge in [-0.25, -0.2) is 0 Å². The Balaban J connectivity index is 2.87. The molecule has 0 spiro atoms. The summed E-state index contributed by atoms with van der Waals surface area (Å²) in [5.74, 6) is 1.11. The van der Waals surface area contributed by atoms with Crippen molar-refractivity contribution in [1.82, 2.24) is 5.32 Å². The van der Waals surface area contributed by atoms with Gasteiger partial charge < -0.3 is 14.8 Å². The van der Waals surface area contributed by atoms with Gasteiger partial charge in [0.25, 0.3) is 0 Å². The third kappa shape index (κ3) is 3.81. The van der Waals surface area contributed by atoms with Gasteiger partial charge in [0.1, 0.15) is 5.88 Å². The number of ether oxygens (including phenoxy) is 2. The minimum Gasteiger partial charge on any atom is -0.493 e. The predicted molar refractivity (Wildman–Crippen MR) is 71.4 cm³/mol. The molecule has 0 saturated heterocycles. The minimum atomic E-state index is -0.197. The van der Waals surface area contributed by atoms with Crippen LogP contribution in [0.15, 0.2) is 18.2 Å². The molecule has 100 valence electrons. The van der Waals surface area contributed by atoms with E-state index < -0.39 is 0 Å². The third-order valence-electron chi connectivity index (χ3n) is 2.49. The number of carbonyl (C=O) groups excluding carboxylic acids is 1. The number of hydrogen-bond acceptors (Lipinski definition) is 3. The van der Waals surface area contributed by atoms with E-state index in [2.05, 4.69) is 5.32 Å². The summed E-state index contributed by atoms with van der Waals surface area (Å²) in [4.78, 5) is 11.2. The lowest BCUT2D eigenvalue weighted by molar-refractivity contribution is -0.119. The Kier molecular flexibility index (Phi) is 5.78. The van der Waals surface area contributed by atoms with E-state index >= 15 is 0 Å². The van der Waals surface area contributed by atoms with E-state index in [1.54, 1.807) is 7.11 Å². The fourth-order valence-electron chi connectivity index (χ4n) is 1.59. The largest absolute Gasteiger partial charge is 0.493 e. The highest BCUT2D eigenvalue weighted by Crippen LogP contribution is 2.30. The van der Waals surface area contributed by atoms with Crippen molar-refractivity contribution < 1.29 is 14.3 Å². The first-order valence-corrected chi connectivity index (χ1v) is 6.31. The van der Waals surface area contributed by atoms with Gasteiger partial charge >= 0.3 is 0 Å². The fraction of sp³-hybridized carbons (Fsp3) is 0.462. The van der Waals surface area contributed by atoms with Crippen molar-refractivity contribution in [2.45, 2.75) is 19.9 Å². The normalized spacial score (nSPS) is 11.8. The quantitative estimate of drug-likeness (QED) is 0.809. The van der Waals surface area contributed by atoms with Crippen LogP contribution >= 0.6 is 11.6 Å². The van der Waals surface area contributed by atoms with Crippen molar-refractivity contribution in [1.29, 1.82) is 0 Å². The van der Waals surface area contributed by atoms with Gasteiger partial charge in [0.05, 0.1) is 19.8 Å². The van der Waals surface area contributed by atoms with E-state index in [0.29, 0.717) is 18.1 Å². The molecule has 5 heteroatoms. The summed E-state index contributed by atoms with van der Waals surface area (Å²) in [6.07, 6.45) is 0. The Bertz CT molecular complexity index is 409. The Labute approximate surface area is 112 Å². The Morgan fingerprint density at radius 2 is 2.17 bits per heavy atom. The van der Waals surface area contributed by atoms with Gasteiger partial charge in [-0.3, -0.25) is 4.79 Å². The van der Waals surface area contributed by atoms with Crippen molar-refractivity contribution >= 4 is 17.5 Å². The molecule has 0 fully saturated rings. The van der Waals surface area contributed by atoms with Gasteiger partial charge in [0.2, 0.25) is 5.91 Å². The summed E-state index contributed by atoms with van der Waals surface area (Å²) in [6, 6.07) is 5.46. The molecule has 18 heavy (non-hydrogen) atoms. The smallest absolute Gasteiger partial charge is 0.235 e. The van der Waals surface area contributed by atoms with Gasteiger partial charge in [0, 0.05) is 0 Å². The molecule has 1 rings (SSSR count). The second-order valence-corrected chi connectivity index (χ2v) is 4.03. The summed E-state index contributed by atoms with van der Waals surface area (Å²) < 4.78 is 10.7. The number of halogens is 1. The van der Waals surface area contributed by atoms with Gasteiger partial charge in [-0.05, 0) is 31.5 Å². The van der Waals surface area contributed by atoms with E-state index in [0.717, 1.165) is 5.56 Å². The van der Waals surface area contributed by atoms with Gasteiger partial charge in [-0.1, -0.05) is 6.07 Å². The van der Waals surface area contributed by atoms with Crippen LogP contribution in [0.2, 0.25) is 0 Å². The second kappa shape index (κ2) is 7.11. The molecule has 1 amide bonds. The molecule has 0 aromatic heterocycles. The third-order valence-corrected chi connectivity index (χ3v) is 2.73. The van der Waals surface area contributed by atoms with E-state index in [-0.39, 0.29) is 17.8 Å². The minimum absolute atomic E-state index is 0.0432. The molecule has 0 radical (unpaired) electrons. The van der Waals surface area contributed by atoms with Crippen LogP contribution in [0.5, 0.6) is 11.5 Å². The molecule has 1 aromatic rings. The highest BCUT2D eigenvalue weighted by molar-refractivity contribution is 6.27. The molecule has 0 aliphatic heterocycles. The Morgan fingerprint density at radius 3 is 2.72 bits per heavy atom. The average molecular weight is 272 g/mol. The molecule has 4 nitrogen and oxygen atoms in total. The first-order chi connectivity index (χ1) is 8.62. The topological polar surface area (TPSA) is 47.6 Å². The van der Waals surface area contributed by atoms with Crippen LogP contribution in [0.3, 0.4) is 0 Å². The maximum absolute atomic E-state index is 11.2. The molecule has 0 aliphatic carbocycles. The number of rotatable bonds is 6. The zero-order valence-corrected chi connectivity index (χ0v) is 11.6. The van der Waals surface area contributed by atoms with Crippen LogP contribution in [0.1, 0.15) is 25.5 Å². The predicted octanol–water partition coefficient (Wildman–Crippen LogP) is 2.51. The summed E-state index contributed by atoms with van der Waals surface area (Å²) in [6.45, 7) is 4.38. The molecule has 0 bridgehead atoms. The Hall–Kier alpha value is -1.42. The van der Waals surface area contributed by atoms with Crippen molar-refractivity contribution in [2.24, 2.45) is 0 Å². The molecule has 0 saturated carbocycles. The molecule has 1 N–H and O–H groups in total. The maximum Gasteiger partial charge on any atom is 0.235 e. The molecular weight excluding hydrogens is 254 g/mol. The van der Waals surface area contributed by atoms with Crippen LogP contribution in [0.25, 0.3) is 0 Å². The number of carbonyl (C=O) groups is 1. The van der Waals surface area contributed by atoms with Crippen molar-refractivity contribution in [3.05, 3.63) is 23.8 Å². The van der Waals surface area contributed by atoms with Crippen LogP contribution in [0.4, 0.5) is 0 Å². The van der Waals surface area contributed by atoms with Crippen LogP contribution in [-0.2, 0) is 4.79 Å². The first kappa shape index (κ1) is 14.6. The van der Waals surface area contributed by atoms with Gasteiger partial charge in [0.15, 0.2) is 11.5 Å². The summed E-state index contributed by atoms with van der Waals surface area (Å²) in [7, 11) is 1.59. The number of alkyl halides is 1. The average Bonchev–Trinajstić information content (AvgIpc) is 2.39. The van der Waals surface area contributed by atoms with Crippen LogP contribution in [0, 0.1) is 0 Å². The molecule has 1 unspecified atom stereocenters. The Morgan fingerprint density at radius 1 is 1.44 bits per heavy atom. The van der Waals surface area contributed by atoms with Gasteiger partial charge in [-0.15, -0.1) is 11.6 Å². The van der Waals surface area contributed by atoms with E-state index in [9.17, 15) is 4.79 Å². The number of amides is 1. The van der Waals surface area contributed by atoms with Crippen molar-refractivity contribution in [3.8, 4) is 11.5 Å². The number of methoxy groups -OCH3 is 1. The first-order valence-electron chi connectivity index (χ1n) is 5.78. The van der Waals surface area contributed by atoms with Crippen molar-refractivity contribution in [2.75, 3.05) is 19.6 Å². The summed E-state index contributed by atoms with van der Waals surface area (Å²) >= 11 is 5.45. The summed E-state index contributed by atoms with van der Waals surface area (Å²) in [5.41, 5.74) is 0.939. The molecule has 1 aromatic carbocycles. The lowest BCUT2D eigenvalue weighted by Crippen LogP contribution is -2.27. The second-order valence-electron chi connectivity index (χ2n) is 3.77.